The average Bonchev–Trinajstić information content (AvgIpc) is 3.20. The van der Waals surface area contributed by atoms with Gasteiger partial charge in [-0.05, 0) is 62.7 Å². The van der Waals surface area contributed by atoms with Gasteiger partial charge in [0.2, 0.25) is 0 Å². The van der Waals surface area contributed by atoms with Gasteiger partial charge in [0.05, 0.1) is 42.4 Å². The lowest BCUT2D eigenvalue weighted by molar-refractivity contribution is -0.140. The SMILES string of the molecule is C=C(C)c1ccc(NCC#Cc2cc3cc(CN[C@@H]4CCN(C)C[C@@H]4F)ncc3n2CC(F)(F)F)c(OC)c1. The summed E-state index contributed by atoms with van der Waals surface area (Å²) in [7, 11) is 3.45. The highest BCUT2D eigenvalue weighted by atomic mass is 19.4. The first-order valence-electron chi connectivity index (χ1n) is 12.7. The second-order valence-electron chi connectivity index (χ2n) is 9.87. The van der Waals surface area contributed by atoms with Gasteiger partial charge in [-0.15, -0.1) is 0 Å². The van der Waals surface area contributed by atoms with E-state index >= 15 is 0 Å². The van der Waals surface area contributed by atoms with Crippen molar-refractivity contribution in [3.8, 4) is 17.6 Å². The molecule has 4 rings (SSSR count). The normalized spacial score (nSPS) is 18.0. The van der Waals surface area contributed by atoms with Gasteiger partial charge >= 0.3 is 6.18 Å². The predicted octanol–water partition coefficient (Wildman–Crippen LogP) is 5.24. The molecule has 0 unspecified atom stereocenters. The summed E-state index contributed by atoms with van der Waals surface area (Å²) in [4.78, 5) is 6.29. The number of anilines is 1. The van der Waals surface area contributed by atoms with Gasteiger partial charge in [-0.25, -0.2) is 4.39 Å². The van der Waals surface area contributed by atoms with Gasteiger partial charge in [0, 0.05) is 24.5 Å². The van der Waals surface area contributed by atoms with Crippen molar-refractivity contribution in [2.24, 2.45) is 0 Å². The van der Waals surface area contributed by atoms with Gasteiger partial charge in [-0.1, -0.05) is 24.1 Å². The Balaban J connectivity index is 1.51. The summed E-state index contributed by atoms with van der Waals surface area (Å²) in [5.74, 6) is 6.41. The number of nitrogens with zero attached hydrogens (tertiary/aromatic N) is 3. The quantitative estimate of drug-likeness (QED) is 0.301. The summed E-state index contributed by atoms with van der Waals surface area (Å²) in [6.45, 7) is 6.34. The van der Waals surface area contributed by atoms with E-state index in [-0.39, 0.29) is 18.3 Å². The summed E-state index contributed by atoms with van der Waals surface area (Å²) >= 11 is 0. The van der Waals surface area contributed by atoms with Crippen LogP contribution in [0.1, 0.15) is 30.3 Å². The van der Waals surface area contributed by atoms with Crippen LogP contribution in [0.5, 0.6) is 5.75 Å². The first kappa shape index (κ1) is 28.5. The Morgan fingerprint density at radius 1 is 1.26 bits per heavy atom. The molecule has 10 heteroatoms. The minimum atomic E-state index is -4.43. The molecule has 3 heterocycles. The van der Waals surface area contributed by atoms with Gasteiger partial charge in [0.25, 0.3) is 0 Å². The van der Waals surface area contributed by atoms with Gasteiger partial charge < -0.3 is 24.8 Å². The monoisotopic (exact) mass is 543 g/mol. The standard InChI is InChI=1S/C29H33F4N5O/c1-19(2)20-7-8-26(28(14-20)39-4)34-10-5-6-23-13-21-12-22(15-36-25-9-11-37(3)17-24(25)30)35-16-27(21)38(23)18-29(31,32)33/h7-8,12-14,16,24-25,34,36H,1,9-11,15,17-18H2,2-4H3/t24-,25+/m0/s1. The van der Waals surface area contributed by atoms with E-state index < -0.39 is 18.9 Å². The molecule has 1 fully saturated rings. The first-order valence-corrected chi connectivity index (χ1v) is 12.7. The van der Waals surface area contributed by atoms with Crippen molar-refractivity contribution >= 4 is 22.2 Å². The van der Waals surface area contributed by atoms with Gasteiger partial charge in [-0.3, -0.25) is 4.98 Å². The van der Waals surface area contributed by atoms with Crippen LogP contribution in [-0.4, -0.2) is 66.6 Å². The number of ether oxygens (including phenoxy) is 1. The minimum Gasteiger partial charge on any atom is -0.495 e. The number of hydrogen-bond acceptors (Lipinski definition) is 5. The average molecular weight is 544 g/mol. The number of nitrogens with one attached hydrogen (secondary N) is 2. The van der Waals surface area contributed by atoms with E-state index in [4.69, 9.17) is 4.74 Å². The van der Waals surface area contributed by atoms with Crippen molar-refractivity contribution in [3.05, 3.63) is 60.1 Å². The molecular formula is C29H33F4N5O. The topological polar surface area (TPSA) is 54.3 Å². The zero-order chi connectivity index (χ0) is 28.2. The van der Waals surface area contributed by atoms with Gasteiger partial charge in [-0.2, -0.15) is 13.2 Å². The summed E-state index contributed by atoms with van der Waals surface area (Å²) in [6, 6.07) is 8.70. The van der Waals surface area contributed by atoms with Crippen LogP contribution >= 0.6 is 0 Å². The fourth-order valence-electron chi connectivity index (χ4n) is 4.65. The number of pyridine rings is 1. The van der Waals surface area contributed by atoms with E-state index in [0.29, 0.717) is 47.5 Å². The highest BCUT2D eigenvalue weighted by Crippen LogP contribution is 2.28. The molecule has 0 bridgehead atoms. The number of rotatable bonds is 8. The Hall–Kier alpha value is -3.55. The van der Waals surface area contributed by atoms with E-state index in [1.807, 2.05) is 37.1 Å². The van der Waals surface area contributed by atoms with Crippen molar-refractivity contribution in [1.82, 2.24) is 19.8 Å². The summed E-state index contributed by atoms with van der Waals surface area (Å²) in [6.07, 6.45) is -3.31. The van der Waals surface area contributed by atoms with Crippen LogP contribution in [0.25, 0.3) is 16.5 Å². The lowest BCUT2D eigenvalue weighted by Gasteiger charge is -2.32. The molecule has 0 saturated carbocycles. The molecule has 1 aliphatic heterocycles. The molecule has 1 aromatic carbocycles. The summed E-state index contributed by atoms with van der Waals surface area (Å²) < 4.78 is 61.1. The van der Waals surface area contributed by atoms with E-state index in [0.717, 1.165) is 22.2 Å². The Kier molecular flexibility index (Phi) is 8.83. The molecule has 0 amide bonds. The molecule has 208 valence electrons. The number of piperidine rings is 1. The number of methoxy groups -OCH3 is 1. The Morgan fingerprint density at radius 2 is 2.05 bits per heavy atom. The van der Waals surface area contributed by atoms with Crippen molar-refractivity contribution in [2.45, 2.75) is 44.8 Å². The maximum absolute atomic E-state index is 14.4. The molecule has 0 aliphatic carbocycles. The fourth-order valence-corrected chi connectivity index (χ4v) is 4.65. The molecule has 6 nitrogen and oxygen atoms in total. The van der Waals surface area contributed by atoms with Crippen molar-refractivity contribution in [2.75, 3.05) is 39.1 Å². The first-order chi connectivity index (χ1) is 18.5. The van der Waals surface area contributed by atoms with Crippen LogP contribution in [0.3, 0.4) is 0 Å². The van der Waals surface area contributed by atoms with Crippen LogP contribution in [0.4, 0.5) is 23.2 Å². The van der Waals surface area contributed by atoms with E-state index in [1.54, 1.807) is 19.2 Å². The van der Waals surface area contributed by atoms with Crippen LogP contribution in [0.15, 0.2) is 43.1 Å². The Labute approximate surface area is 226 Å². The van der Waals surface area contributed by atoms with E-state index in [9.17, 15) is 17.6 Å². The zero-order valence-electron chi connectivity index (χ0n) is 22.3. The van der Waals surface area contributed by atoms with Crippen LogP contribution in [0, 0.1) is 11.8 Å². The molecule has 2 atom stereocenters. The molecule has 2 aromatic heterocycles. The number of alkyl halides is 4. The Morgan fingerprint density at radius 3 is 2.74 bits per heavy atom. The van der Waals surface area contributed by atoms with Crippen molar-refractivity contribution in [3.63, 3.8) is 0 Å². The number of hydrogen-bond donors (Lipinski definition) is 2. The largest absolute Gasteiger partial charge is 0.495 e. The molecular weight excluding hydrogens is 510 g/mol. The summed E-state index contributed by atoms with van der Waals surface area (Å²) in [5, 5.41) is 6.96. The number of allylic oxidation sites excluding steroid dienone is 1. The van der Waals surface area contributed by atoms with E-state index in [2.05, 4.69) is 34.0 Å². The number of benzene rings is 1. The van der Waals surface area contributed by atoms with Gasteiger partial charge in [0.1, 0.15) is 18.5 Å². The van der Waals surface area contributed by atoms with Gasteiger partial charge in [0.15, 0.2) is 0 Å². The van der Waals surface area contributed by atoms with Crippen molar-refractivity contribution in [1.29, 1.82) is 0 Å². The third kappa shape index (κ3) is 7.31. The third-order valence-corrected chi connectivity index (χ3v) is 6.75. The number of fused-ring (bicyclic) bond motifs is 1. The molecule has 0 radical (unpaired) electrons. The Bertz CT molecular complexity index is 1390. The van der Waals surface area contributed by atoms with Crippen LogP contribution in [-0.2, 0) is 13.1 Å². The number of aromatic nitrogens is 2. The minimum absolute atomic E-state index is 0.199. The highest BCUT2D eigenvalue weighted by Gasteiger charge is 2.30. The lowest BCUT2D eigenvalue weighted by Crippen LogP contribution is -2.49. The lowest BCUT2D eigenvalue weighted by atomic mass is 10.0. The third-order valence-electron chi connectivity index (χ3n) is 6.75. The highest BCUT2D eigenvalue weighted by molar-refractivity contribution is 5.82. The van der Waals surface area contributed by atoms with E-state index in [1.165, 1.54) is 6.20 Å². The molecule has 39 heavy (non-hydrogen) atoms. The molecule has 0 spiro atoms. The molecule has 2 N–H and O–H groups in total. The fraction of sp³-hybridized carbons (Fsp3) is 0.414. The maximum Gasteiger partial charge on any atom is 0.406 e. The smallest absolute Gasteiger partial charge is 0.406 e. The predicted molar refractivity (Wildman–Crippen MR) is 146 cm³/mol. The number of halogens is 4. The summed E-state index contributed by atoms with van der Waals surface area (Å²) in [5.41, 5.74) is 3.77. The van der Waals surface area contributed by atoms with Crippen LogP contribution < -0.4 is 15.4 Å². The molecule has 1 saturated heterocycles. The van der Waals surface area contributed by atoms with Crippen molar-refractivity contribution < 1.29 is 22.3 Å². The second kappa shape index (κ2) is 12.1. The maximum atomic E-state index is 14.4. The zero-order valence-corrected chi connectivity index (χ0v) is 22.3. The number of likely N-dealkylation sites (tertiary alicyclic amines) is 1. The second-order valence-corrected chi connectivity index (χ2v) is 9.87. The van der Waals surface area contributed by atoms with Crippen LogP contribution in [0.2, 0.25) is 0 Å². The molecule has 1 aliphatic rings. The molecule has 3 aromatic rings.